The highest BCUT2D eigenvalue weighted by atomic mass is 16.6. The summed E-state index contributed by atoms with van der Waals surface area (Å²) in [6.07, 6.45) is 4.49. The Morgan fingerprint density at radius 2 is 2.10 bits per heavy atom. The van der Waals surface area contributed by atoms with Crippen molar-refractivity contribution in [3.8, 4) is 23.2 Å². The Hall–Kier alpha value is -3.83. The number of nitrogens with one attached hydrogen (secondary N) is 1. The molecule has 144 valence electrons. The second-order valence-corrected chi connectivity index (χ2v) is 6.65. The summed E-state index contributed by atoms with van der Waals surface area (Å²) in [6.45, 7) is -0.129. The zero-order chi connectivity index (χ0) is 20.2. The van der Waals surface area contributed by atoms with E-state index in [-0.39, 0.29) is 12.5 Å². The van der Waals surface area contributed by atoms with Crippen LogP contribution in [0.2, 0.25) is 0 Å². The van der Waals surface area contributed by atoms with Gasteiger partial charge >= 0.3 is 6.09 Å². The summed E-state index contributed by atoms with van der Waals surface area (Å²) in [4.78, 5) is 24.9. The molecule has 8 heteroatoms. The van der Waals surface area contributed by atoms with Gasteiger partial charge in [-0.05, 0) is 54.7 Å². The minimum absolute atomic E-state index is 0.0314. The van der Waals surface area contributed by atoms with Crippen LogP contribution in [0.5, 0.6) is 5.88 Å². The number of carbonyl (C=O) groups is 1. The van der Waals surface area contributed by atoms with Crippen molar-refractivity contribution in [2.24, 2.45) is 0 Å². The molecule has 0 saturated heterocycles. The third-order valence-electron chi connectivity index (χ3n) is 4.47. The number of nitriles is 1. The minimum Gasteiger partial charge on any atom is -0.391 e. The highest BCUT2D eigenvalue weighted by Gasteiger charge is 2.25. The normalized spacial score (nSPS) is 12.8. The number of aliphatic hydroxyl groups excluding tert-OH is 1. The molecule has 3 aromatic heterocycles. The molecular weight excluding hydrogens is 370 g/mol. The zero-order valence-corrected chi connectivity index (χ0v) is 15.4. The molecule has 3 aromatic rings. The number of aromatic nitrogens is 3. The molecule has 1 amide bonds. The monoisotopic (exact) mass is 387 g/mol. The fourth-order valence-corrected chi connectivity index (χ4v) is 2.85. The zero-order valence-electron chi connectivity index (χ0n) is 15.4. The van der Waals surface area contributed by atoms with E-state index in [0.29, 0.717) is 28.7 Å². The van der Waals surface area contributed by atoms with Gasteiger partial charge < -0.3 is 9.84 Å². The molecular formula is C21H17N5O3. The van der Waals surface area contributed by atoms with E-state index in [2.05, 4.69) is 20.3 Å². The Morgan fingerprint density at radius 1 is 1.24 bits per heavy atom. The maximum Gasteiger partial charge on any atom is 0.419 e. The van der Waals surface area contributed by atoms with E-state index >= 15 is 0 Å². The number of carbonyl (C=O) groups excluding carboxylic acids is 1. The largest absolute Gasteiger partial charge is 0.419 e. The second-order valence-electron chi connectivity index (χ2n) is 6.65. The molecule has 1 fully saturated rings. The summed E-state index contributed by atoms with van der Waals surface area (Å²) in [6, 6.07) is 12.3. The first-order valence-corrected chi connectivity index (χ1v) is 9.08. The lowest BCUT2D eigenvalue weighted by atomic mass is 10.1. The molecule has 4 rings (SSSR count). The summed E-state index contributed by atoms with van der Waals surface area (Å²) in [5, 5.41) is 20.7. The maximum absolute atomic E-state index is 12.3. The summed E-state index contributed by atoms with van der Waals surface area (Å²) in [7, 11) is 0. The molecule has 2 N–H and O–H groups in total. The molecule has 0 radical (unpaired) electrons. The van der Waals surface area contributed by atoms with Gasteiger partial charge in [-0.1, -0.05) is 0 Å². The van der Waals surface area contributed by atoms with Crippen LogP contribution in [0.4, 0.5) is 10.6 Å². The van der Waals surface area contributed by atoms with Gasteiger partial charge in [-0.2, -0.15) is 5.26 Å². The minimum atomic E-state index is -0.743. The van der Waals surface area contributed by atoms with Crippen LogP contribution in [0.15, 0.2) is 48.8 Å². The van der Waals surface area contributed by atoms with Gasteiger partial charge in [-0.15, -0.1) is 0 Å². The lowest BCUT2D eigenvalue weighted by Gasteiger charge is -2.10. The standard InChI is InChI=1S/C21H17N5O3/c22-10-13-5-6-23-20(7-13)29-21(28)26-19-9-16(14-1-2-14)8-18(25-19)15-3-4-17(12-27)24-11-15/h3-9,11,14,27H,1-2,12H2,(H,25,26,28). The first-order valence-electron chi connectivity index (χ1n) is 9.08. The Labute approximate surface area is 166 Å². The van der Waals surface area contributed by atoms with Gasteiger partial charge in [0.05, 0.1) is 29.6 Å². The molecule has 1 aliphatic rings. The van der Waals surface area contributed by atoms with E-state index in [0.717, 1.165) is 24.0 Å². The number of amides is 1. The highest BCUT2D eigenvalue weighted by molar-refractivity contribution is 5.85. The van der Waals surface area contributed by atoms with Crippen LogP contribution < -0.4 is 10.1 Å². The molecule has 1 aliphatic carbocycles. The topological polar surface area (TPSA) is 121 Å². The molecule has 0 atom stereocenters. The average molecular weight is 387 g/mol. The molecule has 29 heavy (non-hydrogen) atoms. The van der Waals surface area contributed by atoms with Crippen molar-refractivity contribution in [1.29, 1.82) is 5.26 Å². The van der Waals surface area contributed by atoms with Crippen molar-refractivity contribution >= 4 is 11.9 Å². The van der Waals surface area contributed by atoms with E-state index in [1.807, 2.05) is 24.3 Å². The van der Waals surface area contributed by atoms with Gasteiger partial charge in [-0.3, -0.25) is 10.3 Å². The van der Waals surface area contributed by atoms with Crippen molar-refractivity contribution in [2.75, 3.05) is 5.32 Å². The van der Waals surface area contributed by atoms with Gasteiger partial charge in [0.1, 0.15) is 5.82 Å². The molecule has 3 heterocycles. The van der Waals surface area contributed by atoms with Crippen molar-refractivity contribution in [3.05, 3.63) is 65.6 Å². The van der Waals surface area contributed by atoms with Crippen molar-refractivity contribution in [1.82, 2.24) is 15.0 Å². The number of pyridine rings is 3. The third-order valence-corrected chi connectivity index (χ3v) is 4.47. The van der Waals surface area contributed by atoms with Crippen LogP contribution in [0.25, 0.3) is 11.3 Å². The molecule has 0 spiro atoms. The van der Waals surface area contributed by atoms with Crippen LogP contribution in [-0.4, -0.2) is 26.2 Å². The fourth-order valence-electron chi connectivity index (χ4n) is 2.85. The van der Waals surface area contributed by atoms with Crippen LogP contribution in [-0.2, 0) is 6.61 Å². The second kappa shape index (κ2) is 8.04. The van der Waals surface area contributed by atoms with E-state index in [1.54, 1.807) is 12.3 Å². The summed E-state index contributed by atoms with van der Waals surface area (Å²) >= 11 is 0. The van der Waals surface area contributed by atoms with Crippen LogP contribution >= 0.6 is 0 Å². The Kier molecular flexibility index (Phi) is 5.14. The smallest absolute Gasteiger partial charge is 0.391 e. The maximum atomic E-state index is 12.3. The average Bonchev–Trinajstić information content (AvgIpc) is 3.59. The van der Waals surface area contributed by atoms with E-state index in [4.69, 9.17) is 15.1 Å². The first-order chi connectivity index (χ1) is 14.1. The van der Waals surface area contributed by atoms with Crippen molar-refractivity contribution in [2.45, 2.75) is 25.4 Å². The van der Waals surface area contributed by atoms with Gasteiger partial charge in [0.2, 0.25) is 5.88 Å². The number of hydrogen-bond acceptors (Lipinski definition) is 7. The number of anilines is 1. The first kappa shape index (κ1) is 18.5. The molecule has 0 aromatic carbocycles. The van der Waals surface area contributed by atoms with Crippen molar-refractivity contribution in [3.63, 3.8) is 0 Å². The summed E-state index contributed by atoms with van der Waals surface area (Å²) in [5.74, 6) is 0.841. The van der Waals surface area contributed by atoms with E-state index in [9.17, 15) is 4.79 Å². The molecule has 0 aliphatic heterocycles. The number of hydrogen-bond donors (Lipinski definition) is 2. The highest BCUT2D eigenvalue weighted by Crippen LogP contribution is 2.41. The molecule has 0 unspecified atom stereocenters. The Morgan fingerprint density at radius 3 is 2.79 bits per heavy atom. The number of nitrogens with zero attached hydrogens (tertiary/aromatic N) is 4. The predicted octanol–water partition coefficient (Wildman–Crippen LogP) is 3.39. The van der Waals surface area contributed by atoms with Crippen LogP contribution in [0.3, 0.4) is 0 Å². The van der Waals surface area contributed by atoms with Gasteiger partial charge in [-0.25, -0.2) is 14.8 Å². The summed E-state index contributed by atoms with van der Waals surface area (Å²) < 4.78 is 5.16. The fraction of sp³-hybridized carbons (Fsp3) is 0.190. The number of aliphatic hydroxyl groups is 1. The van der Waals surface area contributed by atoms with Crippen molar-refractivity contribution < 1.29 is 14.6 Å². The van der Waals surface area contributed by atoms with Gasteiger partial charge in [0.25, 0.3) is 0 Å². The molecule has 0 bridgehead atoms. The summed E-state index contributed by atoms with van der Waals surface area (Å²) in [5.41, 5.74) is 3.45. The third kappa shape index (κ3) is 4.54. The van der Waals surface area contributed by atoms with Crippen LogP contribution in [0.1, 0.15) is 35.6 Å². The predicted molar refractivity (Wildman–Crippen MR) is 104 cm³/mol. The number of rotatable bonds is 5. The lowest BCUT2D eigenvalue weighted by molar-refractivity contribution is 0.213. The Bertz CT molecular complexity index is 1090. The molecule has 8 nitrogen and oxygen atoms in total. The van der Waals surface area contributed by atoms with Gasteiger partial charge in [0.15, 0.2) is 0 Å². The quantitative estimate of drug-likeness (QED) is 0.688. The Balaban J connectivity index is 1.56. The molecule has 1 saturated carbocycles. The van der Waals surface area contributed by atoms with Crippen LogP contribution in [0, 0.1) is 11.3 Å². The van der Waals surface area contributed by atoms with Gasteiger partial charge in [0, 0.05) is 24.0 Å². The SMILES string of the molecule is N#Cc1ccnc(OC(=O)Nc2cc(C3CC3)cc(-c3ccc(CO)nc3)n2)c1. The van der Waals surface area contributed by atoms with E-state index < -0.39 is 6.09 Å². The number of ether oxygens (including phenoxy) is 1. The lowest BCUT2D eigenvalue weighted by Crippen LogP contribution is -2.18. The van der Waals surface area contributed by atoms with E-state index in [1.165, 1.54) is 18.3 Å².